The Labute approximate surface area is 150 Å². The van der Waals surface area contributed by atoms with Crippen molar-refractivity contribution in [1.29, 1.82) is 0 Å². The highest BCUT2D eigenvalue weighted by molar-refractivity contribution is 5.34. The van der Waals surface area contributed by atoms with Crippen LogP contribution < -0.4 is 5.69 Å². The van der Waals surface area contributed by atoms with Crippen molar-refractivity contribution in [3.63, 3.8) is 0 Å². The van der Waals surface area contributed by atoms with Crippen LogP contribution >= 0.6 is 0 Å². The Morgan fingerprint density at radius 1 is 1.07 bits per heavy atom. The van der Waals surface area contributed by atoms with Gasteiger partial charge in [-0.25, -0.2) is 31.6 Å². The molecule has 9 heteroatoms. The standard InChI is InChI=1S/C18H13F4N3O2/c1-10(18(8-27-18)13-4-2-11(19)6-14(13)21)25-17(26)24(9-23-25)16-5-3-12(20)7-15(16)22/h2-7,9-10H,8H2,1H3/t10-,18-/m1/s1. The Morgan fingerprint density at radius 3 is 2.30 bits per heavy atom. The van der Waals surface area contributed by atoms with Crippen molar-refractivity contribution in [2.75, 3.05) is 6.61 Å². The van der Waals surface area contributed by atoms with Gasteiger partial charge in [0.1, 0.15) is 35.2 Å². The van der Waals surface area contributed by atoms with Gasteiger partial charge in [0.15, 0.2) is 0 Å². The molecular weight excluding hydrogens is 366 g/mol. The number of rotatable bonds is 4. The van der Waals surface area contributed by atoms with Gasteiger partial charge in [-0.1, -0.05) is 6.07 Å². The van der Waals surface area contributed by atoms with E-state index in [0.29, 0.717) is 6.07 Å². The summed E-state index contributed by atoms with van der Waals surface area (Å²) in [6, 6.07) is 5.13. The molecule has 1 aromatic heterocycles. The van der Waals surface area contributed by atoms with Crippen LogP contribution in [0.5, 0.6) is 0 Å². The zero-order valence-corrected chi connectivity index (χ0v) is 14.0. The highest BCUT2D eigenvalue weighted by Gasteiger charge is 2.54. The van der Waals surface area contributed by atoms with Gasteiger partial charge in [0.05, 0.1) is 18.3 Å². The topological polar surface area (TPSA) is 52.4 Å². The van der Waals surface area contributed by atoms with Crippen LogP contribution in [0.4, 0.5) is 17.6 Å². The second kappa shape index (κ2) is 6.05. The van der Waals surface area contributed by atoms with E-state index in [-0.39, 0.29) is 17.9 Å². The third-order valence-corrected chi connectivity index (χ3v) is 4.75. The summed E-state index contributed by atoms with van der Waals surface area (Å²) in [5, 5.41) is 3.96. The highest BCUT2D eigenvalue weighted by atomic mass is 19.1. The zero-order chi connectivity index (χ0) is 19.3. The van der Waals surface area contributed by atoms with Gasteiger partial charge in [-0.15, -0.1) is 0 Å². The van der Waals surface area contributed by atoms with Crippen molar-refractivity contribution in [2.24, 2.45) is 0 Å². The Balaban J connectivity index is 1.74. The molecule has 1 fully saturated rings. The molecule has 140 valence electrons. The van der Waals surface area contributed by atoms with Gasteiger partial charge < -0.3 is 4.74 Å². The van der Waals surface area contributed by atoms with Crippen molar-refractivity contribution >= 4 is 0 Å². The predicted octanol–water partition coefficient (Wildman–Crippen LogP) is 3.08. The largest absolute Gasteiger partial charge is 0.362 e. The molecule has 0 radical (unpaired) electrons. The third-order valence-electron chi connectivity index (χ3n) is 4.75. The lowest BCUT2D eigenvalue weighted by molar-refractivity contribution is 0.211. The smallest absolute Gasteiger partial charge is 0.350 e. The molecule has 0 aliphatic carbocycles. The molecule has 1 saturated heterocycles. The summed E-state index contributed by atoms with van der Waals surface area (Å²) >= 11 is 0. The van der Waals surface area contributed by atoms with Crippen molar-refractivity contribution in [3.8, 4) is 5.69 Å². The first-order valence-electron chi connectivity index (χ1n) is 8.04. The third kappa shape index (κ3) is 2.74. The zero-order valence-electron chi connectivity index (χ0n) is 14.0. The van der Waals surface area contributed by atoms with Gasteiger partial charge in [0.2, 0.25) is 0 Å². The first kappa shape index (κ1) is 17.5. The lowest BCUT2D eigenvalue weighted by atomic mass is 9.92. The number of nitrogens with zero attached hydrogens (tertiary/aromatic N) is 3. The Kier molecular flexibility index (Phi) is 3.92. The molecule has 2 atom stereocenters. The molecule has 1 aliphatic heterocycles. The Morgan fingerprint density at radius 2 is 1.70 bits per heavy atom. The van der Waals surface area contributed by atoms with E-state index in [2.05, 4.69) is 5.10 Å². The molecule has 2 aromatic carbocycles. The van der Waals surface area contributed by atoms with Crippen LogP contribution in [0.2, 0.25) is 0 Å². The van der Waals surface area contributed by atoms with Crippen molar-refractivity contribution in [2.45, 2.75) is 18.6 Å². The number of epoxide rings is 1. The van der Waals surface area contributed by atoms with Crippen LogP contribution in [0.25, 0.3) is 5.69 Å². The Hall–Kier alpha value is -2.94. The maximum Gasteiger partial charge on any atom is 0.350 e. The number of aromatic nitrogens is 3. The van der Waals surface area contributed by atoms with E-state index in [1.165, 1.54) is 6.07 Å². The summed E-state index contributed by atoms with van der Waals surface area (Å²) in [6.07, 6.45) is 1.09. The van der Waals surface area contributed by atoms with Gasteiger partial charge in [0, 0.05) is 17.7 Å². The van der Waals surface area contributed by atoms with E-state index in [9.17, 15) is 22.4 Å². The van der Waals surface area contributed by atoms with Gasteiger partial charge >= 0.3 is 5.69 Å². The van der Waals surface area contributed by atoms with Crippen molar-refractivity contribution in [3.05, 3.63) is 82.0 Å². The number of hydrogen-bond donors (Lipinski definition) is 0. The molecule has 2 heterocycles. The first-order chi connectivity index (χ1) is 12.8. The molecule has 0 spiro atoms. The van der Waals surface area contributed by atoms with Crippen LogP contribution in [0, 0.1) is 23.3 Å². The minimum atomic E-state index is -1.18. The number of halogens is 4. The predicted molar refractivity (Wildman–Crippen MR) is 86.4 cm³/mol. The molecule has 0 saturated carbocycles. The normalized spacial score (nSPS) is 19.9. The van der Waals surface area contributed by atoms with E-state index in [1.54, 1.807) is 6.92 Å². The second-order valence-corrected chi connectivity index (χ2v) is 6.30. The lowest BCUT2D eigenvalue weighted by Gasteiger charge is -2.20. The molecular formula is C18H13F4N3O2. The van der Waals surface area contributed by atoms with E-state index in [4.69, 9.17) is 4.74 Å². The number of benzene rings is 2. The van der Waals surface area contributed by atoms with Crippen LogP contribution in [0.3, 0.4) is 0 Å². The van der Waals surface area contributed by atoms with E-state index in [1.807, 2.05) is 0 Å². The molecule has 1 aliphatic rings. The van der Waals surface area contributed by atoms with Crippen molar-refractivity contribution < 1.29 is 22.3 Å². The summed E-state index contributed by atoms with van der Waals surface area (Å²) in [4.78, 5) is 12.7. The fraction of sp³-hybridized carbons (Fsp3) is 0.222. The van der Waals surface area contributed by atoms with Crippen molar-refractivity contribution in [1.82, 2.24) is 14.3 Å². The second-order valence-electron chi connectivity index (χ2n) is 6.30. The quantitative estimate of drug-likeness (QED) is 0.517. The van der Waals surface area contributed by atoms with Crippen LogP contribution in [0.15, 0.2) is 47.5 Å². The molecule has 3 aromatic rings. The highest BCUT2D eigenvalue weighted by Crippen LogP contribution is 2.48. The van der Waals surface area contributed by atoms with Crippen LogP contribution in [-0.4, -0.2) is 21.0 Å². The Bertz CT molecular complexity index is 1090. The minimum absolute atomic E-state index is 0.103. The van der Waals surface area contributed by atoms with Gasteiger partial charge in [-0.3, -0.25) is 0 Å². The van der Waals surface area contributed by atoms with Gasteiger partial charge in [-0.2, -0.15) is 5.10 Å². The number of ether oxygens (including phenoxy) is 1. The fourth-order valence-electron chi connectivity index (χ4n) is 3.15. The molecule has 5 nitrogen and oxygen atoms in total. The monoisotopic (exact) mass is 379 g/mol. The van der Waals surface area contributed by atoms with Crippen LogP contribution in [-0.2, 0) is 10.3 Å². The molecule has 27 heavy (non-hydrogen) atoms. The molecule has 0 N–H and O–H groups in total. The van der Waals surface area contributed by atoms with E-state index >= 15 is 0 Å². The van der Waals surface area contributed by atoms with Gasteiger partial charge in [0.25, 0.3) is 0 Å². The molecule has 4 rings (SSSR count). The summed E-state index contributed by atoms with van der Waals surface area (Å²) in [6.45, 7) is 1.70. The van der Waals surface area contributed by atoms with E-state index < -0.39 is 40.6 Å². The van der Waals surface area contributed by atoms with Gasteiger partial charge in [-0.05, 0) is 25.1 Å². The molecule has 0 bridgehead atoms. The fourth-order valence-corrected chi connectivity index (χ4v) is 3.15. The average Bonchev–Trinajstić information content (AvgIpc) is 3.32. The van der Waals surface area contributed by atoms with Crippen LogP contribution in [0.1, 0.15) is 18.5 Å². The first-order valence-corrected chi connectivity index (χ1v) is 8.04. The maximum absolute atomic E-state index is 14.2. The maximum atomic E-state index is 14.2. The van der Waals surface area contributed by atoms with E-state index in [0.717, 1.165) is 39.8 Å². The molecule has 0 unspecified atom stereocenters. The summed E-state index contributed by atoms with van der Waals surface area (Å²) in [5.41, 5.74) is -1.95. The summed E-state index contributed by atoms with van der Waals surface area (Å²) in [7, 11) is 0. The molecule has 0 amide bonds. The summed E-state index contributed by atoms with van der Waals surface area (Å²) < 4.78 is 61.8. The minimum Gasteiger partial charge on any atom is -0.362 e. The number of hydrogen-bond acceptors (Lipinski definition) is 3. The SMILES string of the molecule is C[C@@H](n1ncn(-c2ccc(F)cc2F)c1=O)[C@@]1(c2ccc(F)cc2F)CO1. The lowest BCUT2D eigenvalue weighted by Crippen LogP contribution is -2.34. The summed E-state index contributed by atoms with van der Waals surface area (Å²) in [5.74, 6) is -3.22. The average molecular weight is 379 g/mol.